The number of carbonyl (C=O) groups is 1. The molecule has 1 heterocycles. The molecule has 1 N–H and O–H groups in total. The van der Waals surface area contributed by atoms with E-state index < -0.39 is 12.1 Å². The van der Waals surface area contributed by atoms with E-state index >= 15 is 0 Å². The van der Waals surface area contributed by atoms with Crippen molar-refractivity contribution in [1.82, 2.24) is 0 Å². The van der Waals surface area contributed by atoms with Crippen molar-refractivity contribution < 1.29 is 14.6 Å². The number of rotatable bonds is 2. The summed E-state index contributed by atoms with van der Waals surface area (Å²) in [5.74, 6) is -0.858. The van der Waals surface area contributed by atoms with Crippen LogP contribution in [0.5, 0.6) is 0 Å². The Morgan fingerprint density at radius 3 is 2.57 bits per heavy atom. The summed E-state index contributed by atoms with van der Waals surface area (Å²) >= 11 is 0. The summed E-state index contributed by atoms with van der Waals surface area (Å²) in [6.07, 6.45) is 0.730. The maximum absolute atomic E-state index is 10.7. The van der Waals surface area contributed by atoms with Crippen LogP contribution in [-0.4, -0.2) is 17.2 Å². The van der Waals surface area contributed by atoms with Crippen molar-refractivity contribution in [2.45, 2.75) is 25.0 Å². The Bertz CT molecular complexity index is 321. The maximum atomic E-state index is 10.7. The smallest absolute Gasteiger partial charge is 0.332 e. The monoisotopic (exact) mass is 192 g/mol. The summed E-state index contributed by atoms with van der Waals surface area (Å²) in [4.78, 5) is 10.7. The van der Waals surface area contributed by atoms with E-state index in [4.69, 9.17) is 9.84 Å². The van der Waals surface area contributed by atoms with Crippen LogP contribution in [-0.2, 0) is 9.53 Å². The van der Waals surface area contributed by atoms with Crippen LogP contribution in [0.15, 0.2) is 30.3 Å². The fourth-order valence-corrected chi connectivity index (χ4v) is 1.73. The summed E-state index contributed by atoms with van der Waals surface area (Å²) in [5.41, 5.74) is 1.07. The minimum absolute atomic E-state index is 0.0442. The van der Waals surface area contributed by atoms with Crippen LogP contribution < -0.4 is 0 Å². The minimum Gasteiger partial charge on any atom is -0.479 e. The lowest BCUT2D eigenvalue weighted by molar-refractivity contribution is -0.149. The van der Waals surface area contributed by atoms with E-state index in [9.17, 15) is 4.79 Å². The van der Waals surface area contributed by atoms with E-state index in [1.807, 2.05) is 30.3 Å². The Morgan fingerprint density at radius 1 is 1.29 bits per heavy atom. The molecule has 0 aromatic heterocycles. The first kappa shape index (κ1) is 9.21. The van der Waals surface area contributed by atoms with Crippen LogP contribution in [0.4, 0.5) is 0 Å². The third-order valence-corrected chi connectivity index (χ3v) is 2.47. The zero-order chi connectivity index (χ0) is 9.97. The van der Waals surface area contributed by atoms with Gasteiger partial charge in [0.05, 0.1) is 6.10 Å². The van der Waals surface area contributed by atoms with Crippen molar-refractivity contribution in [1.29, 1.82) is 0 Å². The van der Waals surface area contributed by atoms with Crippen LogP contribution in [0, 0.1) is 0 Å². The molecule has 0 bridgehead atoms. The van der Waals surface area contributed by atoms with Crippen LogP contribution in [0.2, 0.25) is 0 Å². The highest BCUT2D eigenvalue weighted by atomic mass is 16.5. The molecule has 74 valence electrons. The molecule has 1 aliphatic heterocycles. The number of benzene rings is 1. The Hall–Kier alpha value is -1.35. The molecule has 2 rings (SSSR count). The van der Waals surface area contributed by atoms with Crippen LogP contribution in [0.25, 0.3) is 0 Å². The summed E-state index contributed by atoms with van der Waals surface area (Å²) in [7, 11) is 0. The van der Waals surface area contributed by atoms with Crippen LogP contribution >= 0.6 is 0 Å². The average molecular weight is 192 g/mol. The van der Waals surface area contributed by atoms with Crippen LogP contribution in [0.3, 0.4) is 0 Å². The molecule has 1 aromatic rings. The van der Waals surface area contributed by atoms with Gasteiger partial charge in [-0.3, -0.25) is 0 Å². The number of carboxylic acids is 1. The highest BCUT2D eigenvalue weighted by molar-refractivity contribution is 5.72. The number of hydrogen-bond acceptors (Lipinski definition) is 2. The maximum Gasteiger partial charge on any atom is 0.332 e. The summed E-state index contributed by atoms with van der Waals surface area (Å²) in [5, 5.41) is 8.75. The third kappa shape index (κ3) is 1.77. The van der Waals surface area contributed by atoms with Gasteiger partial charge in [-0.25, -0.2) is 4.79 Å². The fourth-order valence-electron chi connectivity index (χ4n) is 1.73. The molecule has 1 saturated heterocycles. The zero-order valence-electron chi connectivity index (χ0n) is 7.72. The number of hydrogen-bond donors (Lipinski definition) is 1. The quantitative estimate of drug-likeness (QED) is 0.779. The first-order valence-electron chi connectivity index (χ1n) is 4.70. The van der Waals surface area contributed by atoms with Crippen molar-refractivity contribution in [3.05, 3.63) is 35.9 Å². The van der Waals surface area contributed by atoms with Gasteiger partial charge >= 0.3 is 5.97 Å². The largest absolute Gasteiger partial charge is 0.479 e. The Morgan fingerprint density at radius 2 is 2.00 bits per heavy atom. The van der Waals surface area contributed by atoms with Gasteiger partial charge in [-0.2, -0.15) is 0 Å². The first-order chi connectivity index (χ1) is 6.77. The van der Waals surface area contributed by atoms with Crippen molar-refractivity contribution >= 4 is 5.97 Å². The Kier molecular flexibility index (Phi) is 2.50. The van der Waals surface area contributed by atoms with E-state index in [0.29, 0.717) is 6.42 Å². The molecule has 1 aromatic carbocycles. The third-order valence-electron chi connectivity index (χ3n) is 2.47. The second-order valence-electron chi connectivity index (χ2n) is 3.44. The summed E-state index contributed by atoms with van der Waals surface area (Å²) in [6, 6.07) is 9.75. The van der Waals surface area contributed by atoms with E-state index in [-0.39, 0.29) is 6.10 Å². The highest BCUT2D eigenvalue weighted by Crippen LogP contribution is 2.32. The van der Waals surface area contributed by atoms with E-state index in [2.05, 4.69) is 0 Å². The molecule has 0 radical (unpaired) electrons. The SMILES string of the molecule is O=C(O)[C@H]1CC[C@H](c2ccccc2)O1. The van der Waals surface area contributed by atoms with E-state index in [1.54, 1.807) is 0 Å². The topological polar surface area (TPSA) is 46.5 Å². The molecule has 1 aliphatic rings. The Labute approximate surface area is 82.3 Å². The standard InChI is InChI=1S/C11H12O3/c12-11(13)10-7-6-9(14-10)8-4-2-1-3-5-8/h1-5,9-10H,6-7H2,(H,12,13)/t9-,10-/m1/s1. The molecule has 3 heteroatoms. The van der Waals surface area contributed by atoms with E-state index in [0.717, 1.165) is 12.0 Å². The lowest BCUT2D eigenvalue weighted by atomic mass is 10.1. The molecule has 2 atom stereocenters. The van der Waals surface area contributed by atoms with Crippen LogP contribution in [0.1, 0.15) is 24.5 Å². The predicted octanol–water partition coefficient (Wildman–Crippen LogP) is 1.99. The van der Waals surface area contributed by atoms with Gasteiger partial charge in [-0.1, -0.05) is 30.3 Å². The molecule has 14 heavy (non-hydrogen) atoms. The molecule has 0 spiro atoms. The molecule has 3 nitrogen and oxygen atoms in total. The average Bonchev–Trinajstić information content (AvgIpc) is 2.68. The van der Waals surface area contributed by atoms with Crippen molar-refractivity contribution in [2.75, 3.05) is 0 Å². The van der Waals surface area contributed by atoms with Gasteiger partial charge in [-0.05, 0) is 18.4 Å². The molecule has 0 saturated carbocycles. The van der Waals surface area contributed by atoms with Gasteiger partial charge in [0.25, 0.3) is 0 Å². The number of ether oxygens (including phenoxy) is 1. The normalized spacial score (nSPS) is 26.3. The fraction of sp³-hybridized carbons (Fsp3) is 0.364. The molecule has 0 unspecified atom stereocenters. The highest BCUT2D eigenvalue weighted by Gasteiger charge is 2.30. The second-order valence-corrected chi connectivity index (χ2v) is 3.44. The zero-order valence-corrected chi connectivity index (χ0v) is 7.72. The molecule has 0 amide bonds. The van der Waals surface area contributed by atoms with E-state index in [1.165, 1.54) is 0 Å². The molecule has 0 aliphatic carbocycles. The van der Waals surface area contributed by atoms with Gasteiger partial charge in [0.15, 0.2) is 6.10 Å². The lowest BCUT2D eigenvalue weighted by Crippen LogP contribution is -2.18. The van der Waals surface area contributed by atoms with Crippen molar-refractivity contribution in [3.63, 3.8) is 0 Å². The van der Waals surface area contributed by atoms with Gasteiger partial charge in [0, 0.05) is 0 Å². The lowest BCUT2D eigenvalue weighted by Gasteiger charge is -2.10. The van der Waals surface area contributed by atoms with Crippen molar-refractivity contribution in [2.24, 2.45) is 0 Å². The van der Waals surface area contributed by atoms with Crippen molar-refractivity contribution in [3.8, 4) is 0 Å². The molecular formula is C11H12O3. The number of carboxylic acid groups (broad SMARTS) is 1. The summed E-state index contributed by atoms with van der Waals surface area (Å²) in [6.45, 7) is 0. The summed E-state index contributed by atoms with van der Waals surface area (Å²) < 4.78 is 5.41. The minimum atomic E-state index is -0.858. The second kappa shape index (κ2) is 3.80. The van der Waals surface area contributed by atoms with Gasteiger partial charge < -0.3 is 9.84 Å². The van der Waals surface area contributed by atoms with Gasteiger partial charge in [-0.15, -0.1) is 0 Å². The molecule has 1 fully saturated rings. The van der Waals surface area contributed by atoms with Gasteiger partial charge in [0.1, 0.15) is 0 Å². The predicted molar refractivity (Wildman–Crippen MR) is 50.9 cm³/mol. The molecular weight excluding hydrogens is 180 g/mol. The Balaban J connectivity index is 2.06. The number of aliphatic carboxylic acids is 1. The first-order valence-corrected chi connectivity index (χ1v) is 4.70. The van der Waals surface area contributed by atoms with Gasteiger partial charge in [0.2, 0.25) is 0 Å².